The summed E-state index contributed by atoms with van der Waals surface area (Å²) >= 11 is 0. The van der Waals surface area contributed by atoms with Crippen LogP contribution in [-0.2, 0) is 4.79 Å². The number of benzene rings is 1. The van der Waals surface area contributed by atoms with Gasteiger partial charge in [0.15, 0.2) is 0 Å². The Labute approximate surface area is 106 Å². The third kappa shape index (κ3) is 3.72. The second kappa shape index (κ2) is 6.37. The summed E-state index contributed by atoms with van der Waals surface area (Å²) in [6.45, 7) is 3.46. The maximum absolute atomic E-state index is 10.4. The molecule has 2 atom stereocenters. The molecule has 0 amide bonds. The molecule has 0 aliphatic heterocycles. The first-order valence-corrected chi connectivity index (χ1v) is 5.73. The highest BCUT2D eigenvalue weighted by Crippen LogP contribution is 2.24. The van der Waals surface area contributed by atoms with E-state index in [1.807, 2.05) is 13.0 Å². The van der Waals surface area contributed by atoms with Crippen LogP contribution in [0, 0.1) is 6.92 Å². The lowest BCUT2D eigenvalue weighted by atomic mass is 10.0. The SMILES string of the molecule is COc1ccc(C(O)C(C)NCC(=O)O)cc1C. The molecule has 0 aliphatic rings. The molecule has 5 heteroatoms. The predicted molar refractivity (Wildman–Crippen MR) is 67.8 cm³/mol. The Morgan fingerprint density at radius 1 is 1.50 bits per heavy atom. The lowest BCUT2D eigenvalue weighted by Crippen LogP contribution is -2.35. The Kier molecular flexibility index (Phi) is 5.12. The van der Waals surface area contributed by atoms with Crippen LogP contribution < -0.4 is 10.1 Å². The molecule has 1 aromatic carbocycles. The lowest BCUT2D eigenvalue weighted by molar-refractivity contribution is -0.136. The molecular formula is C13H19NO4. The summed E-state index contributed by atoms with van der Waals surface area (Å²) in [5, 5.41) is 21.4. The molecule has 18 heavy (non-hydrogen) atoms. The predicted octanol–water partition coefficient (Wildman–Crippen LogP) is 1.10. The number of nitrogens with one attached hydrogen (secondary N) is 1. The molecule has 0 aromatic heterocycles. The van der Waals surface area contributed by atoms with Gasteiger partial charge in [0, 0.05) is 6.04 Å². The van der Waals surface area contributed by atoms with Gasteiger partial charge in [-0.15, -0.1) is 0 Å². The van der Waals surface area contributed by atoms with Crippen molar-refractivity contribution in [3.8, 4) is 5.75 Å². The molecule has 0 fully saturated rings. The highest BCUT2D eigenvalue weighted by Gasteiger charge is 2.17. The van der Waals surface area contributed by atoms with E-state index in [-0.39, 0.29) is 12.6 Å². The smallest absolute Gasteiger partial charge is 0.317 e. The number of aryl methyl sites for hydroxylation is 1. The van der Waals surface area contributed by atoms with Crippen molar-refractivity contribution in [3.05, 3.63) is 29.3 Å². The van der Waals surface area contributed by atoms with Gasteiger partial charge in [0.25, 0.3) is 0 Å². The standard InChI is InChI=1S/C13H19NO4/c1-8-6-10(4-5-11(8)18-3)13(17)9(2)14-7-12(15)16/h4-6,9,13-14,17H,7H2,1-3H3,(H,15,16). The first-order valence-electron chi connectivity index (χ1n) is 5.73. The van der Waals surface area contributed by atoms with Gasteiger partial charge in [-0.3, -0.25) is 4.79 Å². The molecule has 0 saturated heterocycles. The highest BCUT2D eigenvalue weighted by molar-refractivity contribution is 5.69. The number of methoxy groups -OCH3 is 1. The van der Waals surface area contributed by atoms with Crippen LogP contribution >= 0.6 is 0 Å². The molecule has 0 heterocycles. The minimum atomic E-state index is -0.944. The van der Waals surface area contributed by atoms with Gasteiger partial charge in [-0.1, -0.05) is 6.07 Å². The zero-order chi connectivity index (χ0) is 13.7. The molecule has 5 nitrogen and oxygen atoms in total. The van der Waals surface area contributed by atoms with Crippen LogP contribution in [0.25, 0.3) is 0 Å². The van der Waals surface area contributed by atoms with E-state index in [9.17, 15) is 9.90 Å². The van der Waals surface area contributed by atoms with E-state index in [4.69, 9.17) is 9.84 Å². The number of aliphatic hydroxyl groups excluding tert-OH is 1. The minimum absolute atomic E-state index is 0.173. The van der Waals surface area contributed by atoms with E-state index >= 15 is 0 Å². The molecule has 2 unspecified atom stereocenters. The number of carboxylic acids is 1. The molecular weight excluding hydrogens is 234 g/mol. The number of hydrogen-bond acceptors (Lipinski definition) is 4. The van der Waals surface area contributed by atoms with E-state index in [0.717, 1.165) is 16.9 Å². The van der Waals surface area contributed by atoms with Gasteiger partial charge < -0.3 is 20.3 Å². The van der Waals surface area contributed by atoms with Crippen molar-refractivity contribution in [1.29, 1.82) is 0 Å². The van der Waals surface area contributed by atoms with Crippen LogP contribution in [0.2, 0.25) is 0 Å². The van der Waals surface area contributed by atoms with Crippen LogP contribution in [0.15, 0.2) is 18.2 Å². The Morgan fingerprint density at radius 3 is 2.67 bits per heavy atom. The van der Waals surface area contributed by atoms with Gasteiger partial charge in [-0.2, -0.15) is 0 Å². The van der Waals surface area contributed by atoms with Gasteiger partial charge in [0.1, 0.15) is 5.75 Å². The zero-order valence-corrected chi connectivity index (χ0v) is 10.8. The summed E-state index contributed by atoms with van der Waals surface area (Å²) < 4.78 is 5.14. The number of aliphatic hydroxyl groups is 1. The van der Waals surface area contributed by atoms with E-state index in [0.29, 0.717) is 0 Å². The normalized spacial score (nSPS) is 14.0. The first kappa shape index (κ1) is 14.5. The molecule has 0 aliphatic carbocycles. The van der Waals surface area contributed by atoms with Crippen molar-refractivity contribution < 1.29 is 19.7 Å². The van der Waals surface area contributed by atoms with Gasteiger partial charge in [-0.25, -0.2) is 0 Å². The van der Waals surface area contributed by atoms with Crippen LogP contribution in [0.5, 0.6) is 5.75 Å². The first-order chi connectivity index (χ1) is 8.45. The van der Waals surface area contributed by atoms with Crippen molar-refractivity contribution in [1.82, 2.24) is 5.32 Å². The van der Waals surface area contributed by atoms with E-state index in [2.05, 4.69) is 5.32 Å². The van der Waals surface area contributed by atoms with Gasteiger partial charge in [-0.05, 0) is 37.1 Å². The van der Waals surface area contributed by atoms with Crippen molar-refractivity contribution in [2.45, 2.75) is 26.0 Å². The molecule has 0 spiro atoms. The van der Waals surface area contributed by atoms with E-state index < -0.39 is 12.1 Å². The van der Waals surface area contributed by atoms with Crippen LogP contribution in [0.3, 0.4) is 0 Å². The summed E-state index contributed by atoms with van der Waals surface area (Å²) in [5.41, 5.74) is 1.66. The number of ether oxygens (including phenoxy) is 1. The lowest BCUT2D eigenvalue weighted by Gasteiger charge is -2.20. The maximum atomic E-state index is 10.4. The summed E-state index contributed by atoms with van der Waals surface area (Å²) in [6, 6.07) is 5.06. The Bertz CT molecular complexity index is 419. The number of rotatable bonds is 6. The average molecular weight is 253 g/mol. The van der Waals surface area contributed by atoms with Crippen molar-refractivity contribution >= 4 is 5.97 Å². The largest absolute Gasteiger partial charge is 0.496 e. The Balaban J connectivity index is 2.74. The number of aliphatic carboxylic acids is 1. The van der Waals surface area contributed by atoms with Crippen LogP contribution in [-0.4, -0.2) is 35.9 Å². The van der Waals surface area contributed by atoms with Crippen LogP contribution in [0.1, 0.15) is 24.2 Å². The molecule has 0 radical (unpaired) electrons. The maximum Gasteiger partial charge on any atom is 0.317 e. The average Bonchev–Trinajstić information content (AvgIpc) is 2.34. The molecule has 3 N–H and O–H groups in total. The minimum Gasteiger partial charge on any atom is -0.496 e. The van der Waals surface area contributed by atoms with Gasteiger partial charge in [0.2, 0.25) is 0 Å². The second-order valence-corrected chi connectivity index (χ2v) is 4.24. The third-order valence-electron chi connectivity index (χ3n) is 2.81. The summed E-state index contributed by atoms with van der Waals surface area (Å²) in [4.78, 5) is 10.4. The Morgan fingerprint density at radius 2 is 2.17 bits per heavy atom. The Hall–Kier alpha value is -1.59. The topological polar surface area (TPSA) is 78.8 Å². The molecule has 1 aromatic rings. The molecule has 100 valence electrons. The number of carbonyl (C=O) groups is 1. The number of hydrogen-bond donors (Lipinski definition) is 3. The quantitative estimate of drug-likeness (QED) is 0.707. The summed E-state index contributed by atoms with van der Waals surface area (Å²) in [6.07, 6.45) is -0.756. The third-order valence-corrected chi connectivity index (χ3v) is 2.81. The fourth-order valence-electron chi connectivity index (χ4n) is 1.73. The van der Waals surface area contributed by atoms with Crippen molar-refractivity contribution in [2.75, 3.05) is 13.7 Å². The fourth-order valence-corrected chi connectivity index (χ4v) is 1.73. The summed E-state index contributed by atoms with van der Waals surface area (Å²) in [7, 11) is 1.59. The van der Waals surface area contributed by atoms with E-state index in [1.165, 1.54) is 0 Å². The fraction of sp³-hybridized carbons (Fsp3) is 0.462. The van der Waals surface area contributed by atoms with Crippen LogP contribution in [0.4, 0.5) is 0 Å². The van der Waals surface area contributed by atoms with E-state index in [1.54, 1.807) is 26.2 Å². The monoisotopic (exact) mass is 253 g/mol. The second-order valence-electron chi connectivity index (χ2n) is 4.24. The highest BCUT2D eigenvalue weighted by atomic mass is 16.5. The van der Waals surface area contributed by atoms with Gasteiger partial charge in [0.05, 0.1) is 19.8 Å². The molecule has 0 bridgehead atoms. The number of carboxylic acid groups (broad SMARTS) is 1. The zero-order valence-electron chi connectivity index (χ0n) is 10.8. The van der Waals surface area contributed by atoms with Crippen molar-refractivity contribution in [3.63, 3.8) is 0 Å². The van der Waals surface area contributed by atoms with Crippen molar-refractivity contribution in [2.24, 2.45) is 0 Å². The van der Waals surface area contributed by atoms with Gasteiger partial charge >= 0.3 is 5.97 Å². The summed E-state index contributed by atoms with van der Waals surface area (Å²) in [5.74, 6) is -0.183. The molecule has 0 saturated carbocycles. The molecule has 1 rings (SSSR count).